The number of nitrogens with two attached hydrogens (primary N) is 2. The van der Waals surface area contributed by atoms with Crippen molar-refractivity contribution in [1.29, 1.82) is 0 Å². The molecule has 1 aromatic rings. The van der Waals surface area contributed by atoms with Gasteiger partial charge in [0.05, 0.1) is 0 Å². The molecule has 0 spiro atoms. The Morgan fingerprint density at radius 1 is 1.37 bits per heavy atom. The zero-order valence-electron chi connectivity index (χ0n) is 11.0. The molecule has 2 unspecified atom stereocenters. The molecule has 0 aliphatic heterocycles. The fourth-order valence-corrected chi connectivity index (χ4v) is 1.70. The van der Waals surface area contributed by atoms with E-state index in [2.05, 4.69) is 0 Å². The smallest absolute Gasteiger partial charge is 0.258 e. The summed E-state index contributed by atoms with van der Waals surface area (Å²) in [7, 11) is 0. The lowest BCUT2D eigenvalue weighted by Crippen LogP contribution is -2.33. The van der Waals surface area contributed by atoms with Gasteiger partial charge in [-0.1, -0.05) is 6.92 Å². The number of benzene rings is 1. The number of halogens is 2. The summed E-state index contributed by atoms with van der Waals surface area (Å²) in [5.41, 5.74) is 11.1. The average Bonchev–Trinajstić information content (AvgIpc) is 2.26. The molecule has 2 atom stereocenters. The van der Waals surface area contributed by atoms with E-state index in [0.29, 0.717) is 12.0 Å². The highest BCUT2D eigenvalue weighted by Crippen LogP contribution is 2.25. The minimum atomic E-state index is -1.05. The molecule has 106 valence electrons. The molecule has 0 fully saturated rings. The number of hydrogen-bond acceptors (Lipinski definition) is 3. The monoisotopic (exact) mass is 272 g/mol. The third kappa shape index (κ3) is 4.17. The van der Waals surface area contributed by atoms with E-state index in [-0.39, 0.29) is 12.5 Å². The number of rotatable bonds is 6. The van der Waals surface area contributed by atoms with Crippen LogP contribution in [0.1, 0.15) is 25.8 Å². The summed E-state index contributed by atoms with van der Waals surface area (Å²) in [5.74, 6) is -3.08. The molecule has 4 N–H and O–H groups in total. The number of carbonyl (C=O) groups is 1. The first-order valence-electron chi connectivity index (χ1n) is 6.04. The number of hydrogen-bond donors (Lipinski definition) is 2. The van der Waals surface area contributed by atoms with Gasteiger partial charge in [0, 0.05) is 6.04 Å². The summed E-state index contributed by atoms with van der Waals surface area (Å²) in [4.78, 5) is 11.0. The molecule has 1 rings (SSSR count). The van der Waals surface area contributed by atoms with Crippen molar-refractivity contribution in [1.82, 2.24) is 0 Å². The first-order chi connectivity index (χ1) is 8.85. The van der Waals surface area contributed by atoms with Crippen LogP contribution in [0.5, 0.6) is 5.75 Å². The largest absolute Gasteiger partial charge is 0.474 e. The normalized spacial score (nSPS) is 13.9. The first-order valence-corrected chi connectivity index (χ1v) is 6.04. The van der Waals surface area contributed by atoms with Crippen molar-refractivity contribution in [2.45, 2.75) is 38.8 Å². The van der Waals surface area contributed by atoms with E-state index in [1.807, 2.05) is 0 Å². The summed E-state index contributed by atoms with van der Waals surface area (Å²) in [6.07, 6.45) is -0.472. The van der Waals surface area contributed by atoms with Crippen molar-refractivity contribution < 1.29 is 18.3 Å². The van der Waals surface area contributed by atoms with Gasteiger partial charge in [0.1, 0.15) is 0 Å². The Hall–Kier alpha value is -1.69. The lowest BCUT2D eigenvalue weighted by atomic mass is 10.1. The Morgan fingerprint density at radius 2 is 1.89 bits per heavy atom. The number of carbonyl (C=O) groups excluding carboxylic acids is 1. The number of primary amides is 1. The molecule has 0 bridgehead atoms. The molecule has 0 radical (unpaired) electrons. The molecule has 0 aliphatic carbocycles. The van der Waals surface area contributed by atoms with Crippen LogP contribution in [0.15, 0.2) is 12.1 Å². The Balaban J connectivity index is 2.99. The van der Waals surface area contributed by atoms with E-state index in [9.17, 15) is 13.6 Å². The number of ether oxygens (including phenoxy) is 1. The van der Waals surface area contributed by atoms with E-state index in [0.717, 1.165) is 12.1 Å². The minimum Gasteiger partial charge on any atom is -0.474 e. The fourth-order valence-electron chi connectivity index (χ4n) is 1.70. The van der Waals surface area contributed by atoms with Gasteiger partial charge in [-0.15, -0.1) is 0 Å². The van der Waals surface area contributed by atoms with Crippen molar-refractivity contribution in [2.24, 2.45) is 11.5 Å². The van der Waals surface area contributed by atoms with E-state index in [1.165, 1.54) is 0 Å². The van der Waals surface area contributed by atoms with Crippen molar-refractivity contribution in [3.8, 4) is 5.75 Å². The maximum atomic E-state index is 13.8. The quantitative estimate of drug-likeness (QED) is 0.823. The predicted molar refractivity (Wildman–Crippen MR) is 67.6 cm³/mol. The van der Waals surface area contributed by atoms with Gasteiger partial charge in [-0.2, -0.15) is 0 Å². The van der Waals surface area contributed by atoms with Crippen LogP contribution in [0.4, 0.5) is 8.78 Å². The standard InChI is InChI=1S/C13H18F2N2O2/c1-3-11(13(17)18)19-12-9(14)5-8(4-7(2)16)6-10(12)15/h5-7,11H,3-4,16H2,1-2H3,(H2,17,18). The Kier molecular flexibility index (Phi) is 5.23. The Bertz CT molecular complexity index is 441. The maximum Gasteiger partial charge on any atom is 0.258 e. The SMILES string of the molecule is CCC(Oc1c(F)cc(CC(C)N)cc1F)C(N)=O. The summed E-state index contributed by atoms with van der Waals surface area (Å²) in [6.45, 7) is 3.37. The van der Waals surface area contributed by atoms with Crippen molar-refractivity contribution in [3.63, 3.8) is 0 Å². The molecule has 6 heteroatoms. The highest BCUT2D eigenvalue weighted by atomic mass is 19.1. The molecule has 4 nitrogen and oxygen atoms in total. The van der Waals surface area contributed by atoms with Gasteiger partial charge in [-0.3, -0.25) is 4.79 Å². The zero-order chi connectivity index (χ0) is 14.6. The van der Waals surface area contributed by atoms with Crippen LogP contribution in [-0.2, 0) is 11.2 Å². The highest BCUT2D eigenvalue weighted by Gasteiger charge is 2.20. The lowest BCUT2D eigenvalue weighted by molar-refractivity contribution is -0.124. The summed E-state index contributed by atoms with van der Waals surface area (Å²) in [6, 6.07) is 2.09. The van der Waals surface area contributed by atoms with Crippen LogP contribution in [-0.4, -0.2) is 18.1 Å². The van der Waals surface area contributed by atoms with Gasteiger partial charge in [-0.25, -0.2) is 8.78 Å². The lowest BCUT2D eigenvalue weighted by Gasteiger charge is -2.16. The van der Waals surface area contributed by atoms with Crippen LogP contribution in [0.25, 0.3) is 0 Å². The van der Waals surface area contributed by atoms with Gasteiger partial charge >= 0.3 is 0 Å². The van der Waals surface area contributed by atoms with E-state index in [4.69, 9.17) is 16.2 Å². The van der Waals surface area contributed by atoms with E-state index >= 15 is 0 Å². The minimum absolute atomic E-state index is 0.209. The molecule has 19 heavy (non-hydrogen) atoms. The molecular formula is C13H18F2N2O2. The molecule has 0 saturated heterocycles. The average molecular weight is 272 g/mol. The van der Waals surface area contributed by atoms with E-state index < -0.39 is 29.4 Å². The molecule has 0 aliphatic rings. The predicted octanol–water partition coefficient (Wildman–Crippen LogP) is 1.50. The Morgan fingerprint density at radius 3 is 2.26 bits per heavy atom. The molecule has 0 aromatic heterocycles. The van der Waals surface area contributed by atoms with Crippen LogP contribution in [0, 0.1) is 11.6 Å². The van der Waals surface area contributed by atoms with Crippen LogP contribution in [0.2, 0.25) is 0 Å². The first kappa shape index (κ1) is 15.4. The molecule has 1 aromatic carbocycles. The molecule has 1 amide bonds. The van der Waals surface area contributed by atoms with Gasteiger partial charge in [0.15, 0.2) is 23.5 Å². The van der Waals surface area contributed by atoms with Crippen molar-refractivity contribution in [2.75, 3.05) is 0 Å². The van der Waals surface area contributed by atoms with Crippen LogP contribution >= 0.6 is 0 Å². The molecule has 0 saturated carbocycles. The summed E-state index contributed by atoms with van der Waals surface area (Å²) < 4.78 is 32.5. The van der Waals surface area contributed by atoms with Crippen LogP contribution in [0.3, 0.4) is 0 Å². The van der Waals surface area contributed by atoms with Crippen molar-refractivity contribution in [3.05, 3.63) is 29.3 Å². The summed E-state index contributed by atoms with van der Waals surface area (Å²) in [5, 5.41) is 0. The van der Waals surface area contributed by atoms with Gasteiger partial charge < -0.3 is 16.2 Å². The molecular weight excluding hydrogens is 254 g/mol. The Labute approximate surface area is 110 Å². The van der Waals surface area contributed by atoms with Gasteiger partial charge in [0.25, 0.3) is 5.91 Å². The highest BCUT2D eigenvalue weighted by molar-refractivity contribution is 5.79. The second kappa shape index (κ2) is 6.47. The van der Waals surface area contributed by atoms with Crippen LogP contribution < -0.4 is 16.2 Å². The van der Waals surface area contributed by atoms with Gasteiger partial charge in [-0.05, 0) is 37.5 Å². The van der Waals surface area contributed by atoms with Crippen molar-refractivity contribution >= 4 is 5.91 Å². The maximum absolute atomic E-state index is 13.8. The number of amides is 1. The fraction of sp³-hybridized carbons (Fsp3) is 0.462. The van der Waals surface area contributed by atoms with E-state index in [1.54, 1.807) is 13.8 Å². The molecule has 0 heterocycles. The second-order valence-electron chi connectivity index (χ2n) is 4.49. The third-order valence-electron chi connectivity index (χ3n) is 2.56. The topological polar surface area (TPSA) is 78.3 Å². The second-order valence-corrected chi connectivity index (χ2v) is 4.49. The summed E-state index contributed by atoms with van der Waals surface area (Å²) >= 11 is 0. The van der Waals surface area contributed by atoms with Gasteiger partial charge in [0.2, 0.25) is 0 Å². The third-order valence-corrected chi connectivity index (χ3v) is 2.56. The zero-order valence-corrected chi connectivity index (χ0v) is 11.0.